The number of benzene rings is 3. The summed E-state index contributed by atoms with van der Waals surface area (Å²) < 4.78 is 5.97. The third-order valence-electron chi connectivity index (χ3n) is 8.22. The van der Waals surface area contributed by atoms with Crippen LogP contribution in [0.15, 0.2) is 78.9 Å². The van der Waals surface area contributed by atoms with Crippen molar-refractivity contribution in [1.82, 2.24) is 9.80 Å². The molecule has 0 aromatic heterocycles. The van der Waals surface area contributed by atoms with Crippen LogP contribution in [0.5, 0.6) is 5.75 Å². The van der Waals surface area contributed by atoms with Gasteiger partial charge in [0.1, 0.15) is 12.6 Å². The first-order valence-corrected chi connectivity index (χ1v) is 14.4. The first-order valence-electron chi connectivity index (χ1n) is 14.4. The predicted molar refractivity (Wildman–Crippen MR) is 166 cm³/mol. The van der Waals surface area contributed by atoms with Crippen molar-refractivity contribution in [3.63, 3.8) is 0 Å². The van der Waals surface area contributed by atoms with E-state index < -0.39 is 17.9 Å². The number of hydrogen-bond donors (Lipinski definition) is 3. The average Bonchev–Trinajstić information content (AvgIpc) is 3.58. The fourth-order valence-electron chi connectivity index (χ4n) is 5.47. The number of nitrogens with one attached hydrogen (secondary N) is 2. The van der Waals surface area contributed by atoms with E-state index in [0.29, 0.717) is 22.7 Å². The average molecular weight is 588 g/mol. The van der Waals surface area contributed by atoms with Gasteiger partial charge in [-0.25, -0.2) is 14.1 Å². The molecule has 226 valence electrons. The minimum atomic E-state index is -0.965. The number of likely N-dealkylation sites (N-methyl/N-ethyl adjacent to an activating group) is 2. The first-order chi connectivity index (χ1) is 20.6. The van der Waals surface area contributed by atoms with Crippen molar-refractivity contribution in [3.05, 3.63) is 84.4 Å². The van der Waals surface area contributed by atoms with Gasteiger partial charge in [0.15, 0.2) is 18.0 Å². The smallest absolute Gasteiger partial charge is 0.338 e. The highest BCUT2D eigenvalue weighted by Crippen LogP contribution is 2.39. The molecular formula is C33H39N4O6+. The second-order valence-electron chi connectivity index (χ2n) is 10.9. The van der Waals surface area contributed by atoms with Crippen molar-refractivity contribution in [2.24, 2.45) is 0 Å². The largest absolute Gasteiger partial charge is 0.481 e. The molecule has 3 aromatic carbocycles. The minimum absolute atomic E-state index is 0.0148. The van der Waals surface area contributed by atoms with Gasteiger partial charge in [0.2, 0.25) is 0 Å². The first kappa shape index (κ1) is 31.2. The van der Waals surface area contributed by atoms with Crippen LogP contribution >= 0.6 is 0 Å². The second kappa shape index (κ2) is 14.0. The van der Waals surface area contributed by atoms with Gasteiger partial charge in [-0.1, -0.05) is 42.5 Å². The Bertz CT molecular complexity index is 1460. The van der Waals surface area contributed by atoms with Gasteiger partial charge in [-0.2, -0.15) is 0 Å². The van der Waals surface area contributed by atoms with E-state index in [9.17, 15) is 24.3 Å². The quantitative estimate of drug-likeness (QED) is 0.267. The lowest BCUT2D eigenvalue weighted by atomic mass is 10.0. The number of rotatable bonds is 11. The zero-order valence-electron chi connectivity index (χ0n) is 24.8. The van der Waals surface area contributed by atoms with Crippen molar-refractivity contribution in [2.75, 3.05) is 37.5 Å². The fraction of sp³-hybridized carbons (Fsp3) is 0.333. The van der Waals surface area contributed by atoms with E-state index in [1.54, 1.807) is 50.4 Å². The molecule has 3 aromatic rings. The van der Waals surface area contributed by atoms with Crippen molar-refractivity contribution in [2.45, 2.75) is 44.6 Å². The number of carbonyl (C=O) groups is 4. The molecule has 1 aliphatic rings. The van der Waals surface area contributed by atoms with Crippen molar-refractivity contribution in [1.29, 1.82) is 0 Å². The topological polar surface area (TPSA) is 125 Å². The number of hydrogen-bond acceptors (Lipinski definition) is 5. The highest BCUT2D eigenvalue weighted by Gasteiger charge is 2.45. The Hall–Kier alpha value is -4.70. The molecule has 4 amide bonds. The summed E-state index contributed by atoms with van der Waals surface area (Å²) in [4.78, 5) is 52.5. The molecule has 0 radical (unpaired) electrons. The summed E-state index contributed by atoms with van der Waals surface area (Å²) in [5.74, 6) is -1.71. The second-order valence-corrected chi connectivity index (χ2v) is 10.9. The Morgan fingerprint density at radius 2 is 1.65 bits per heavy atom. The van der Waals surface area contributed by atoms with Crippen molar-refractivity contribution < 1.29 is 29.0 Å². The van der Waals surface area contributed by atoms with Crippen LogP contribution in [0, 0.1) is 0 Å². The van der Waals surface area contributed by atoms with Gasteiger partial charge in [-0.3, -0.25) is 9.59 Å². The fourth-order valence-corrected chi connectivity index (χ4v) is 5.47. The summed E-state index contributed by atoms with van der Waals surface area (Å²) in [5, 5.41) is 14.7. The molecule has 10 nitrogen and oxygen atoms in total. The van der Waals surface area contributed by atoms with Crippen LogP contribution in [-0.2, 0) is 14.4 Å². The maximum atomic E-state index is 13.9. The van der Waals surface area contributed by atoms with Gasteiger partial charge in [-0.05, 0) is 55.7 Å². The lowest BCUT2D eigenvalue weighted by molar-refractivity contribution is -0.138. The van der Waals surface area contributed by atoms with Crippen LogP contribution in [0.3, 0.4) is 0 Å². The molecule has 0 spiro atoms. The van der Waals surface area contributed by atoms with E-state index in [2.05, 4.69) is 10.6 Å². The summed E-state index contributed by atoms with van der Waals surface area (Å²) in [7, 11) is 3.53. The molecule has 10 heteroatoms. The van der Waals surface area contributed by atoms with Gasteiger partial charge < -0.3 is 25.4 Å². The highest BCUT2D eigenvalue weighted by atomic mass is 16.5. The van der Waals surface area contributed by atoms with Crippen molar-refractivity contribution in [3.8, 4) is 5.75 Å². The van der Waals surface area contributed by atoms with Crippen LogP contribution in [0.2, 0.25) is 0 Å². The van der Waals surface area contributed by atoms with Gasteiger partial charge >= 0.3 is 17.9 Å². The van der Waals surface area contributed by atoms with E-state index in [0.717, 1.165) is 31.4 Å². The minimum Gasteiger partial charge on any atom is -0.481 e. The number of aliphatic carboxylic acids is 1. The number of anilines is 2. The van der Waals surface area contributed by atoms with E-state index in [4.69, 9.17) is 4.74 Å². The standard InChI is InChI=1S/C33H38N4O6/c1-23(32(40)41)24-12-11-13-25(20-24)35-33(42)34-21-31(39)37(3,27-16-7-8-17-27)28-18-9-10-19-29(28)43-22-30(38)36(2)26-14-5-4-6-15-26/h4-6,9-15,18-20,23,27H,7-8,16-17,21-22H2,1-3H3,(H2-,34,35,40,41,42)/p+1. The zero-order chi connectivity index (χ0) is 31.0. The summed E-state index contributed by atoms with van der Waals surface area (Å²) in [6, 6.07) is 22.5. The van der Waals surface area contributed by atoms with E-state index in [1.165, 1.54) is 4.90 Å². The molecule has 1 fully saturated rings. The van der Waals surface area contributed by atoms with Crippen LogP contribution in [-0.4, -0.2) is 62.2 Å². The molecule has 0 bridgehead atoms. The Morgan fingerprint density at radius 3 is 2.35 bits per heavy atom. The van der Waals surface area contributed by atoms with Crippen molar-refractivity contribution >= 4 is 40.9 Å². The Labute approximate surface area is 251 Å². The molecule has 0 saturated heterocycles. The van der Waals surface area contributed by atoms with Crippen LogP contribution in [0.25, 0.3) is 0 Å². The summed E-state index contributed by atoms with van der Waals surface area (Å²) in [6.45, 7) is 1.12. The monoisotopic (exact) mass is 587 g/mol. The SMILES string of the molecule is CC(C(=O)O)c1cccc(NC(=O)NCC(=O)[N+](C)(c2ccccc2OCC(=O)N(C)c2ccccc2)C2CCCC2)c1. The Balaban J connectivity index is 1.48. The van der Waals surface area contributed by atoms with Gasteiger partial charge in [0, 0.05) is 37.3 Å². The Kier molecular flexibility index (Phi) is 10.2. The number of carbonyl (C=O) groups excluding carboxylic acids is 3. The van der Waals surface area contributed by atoms with Crippen LogP contribution in [0.1, 0.15) is 44.1 Å². The van der Waals surface area contributed by atoms with E-state index >= 15 is 0 Å². The van der Waals surface area contributed by atoms with E-state index in [-0.39, 0.29) is 35.5 Å². The van der Waals surface area contributed by atoms with Crippen LogP contribution in [0.4, 0.5) is 21.9 Å². The molecular weight excluding hydrogens is 548 g/mol. The number of urea groups is 1. The maximum Gasteiger partial charge on any atom is 0.338 e. The summed E-state index contributed by atoms with van der Waals surface area (Å²) in [6.07, 6.45) is 3.67. The van der Waals surface area contributed by atoms with Gasteiger partial charge in [0.05, 0.1) is 13.0 Å². The van der Waals surface area contributed by atoms with E-state index in [1.807, 2.05) is 49.5 Å². The Morgan fingerprint density at radius 1 is 0.977 bits per heavy atom. The number of para-hydroxylation sites is 3. The summed E-state index contributed by atoms with van der Waals surface area (Å²) >= 11 is 0. The summed E-state index contributed by atoms with van der Waals surface area (Å²) in [5.41, 5.74) is 2.36. The predicted octanol–water partition coefficient (Wildman–Crippen LogP) is 5.14. The molecule has 0 aliphatic heterocycles. The highest BCUT2D eigenvalue weighted by molar-refractivity contribution is 5.97. The third kappa shape index (κ3) is 7.39. The van der Waals surface area contributed by atoms with Crippen LogP contribution < -0.4 is 24.8 Å². The molecule has 1 aliphatic carbocycles. The number of ether oxygens (including phenoxy) is 1. The zero-order valence-corrected chi connectivity index (χ0v) is 24.8. The molecule has 3 N–H and O–H groups in total. The molecule has 1 saturated carbocycles. The maximum absolute atomic E-state index is 13.9. The third-order valence-corrected chi connectivity index (χ3v) is 8.22. The normalized spacial score (nSPS) is 15.1. The molecule has 2 atom stereocenters. The number of carboxylic acid groups (broad SMARTS) is 1. The lowest BCUT2D eigenvalue weighted by Crippen LogP contribution is -2.60. The number of carboxylic acids is 1. The number of quaternary nitrogens is 1. The van der Waals surface area contributed by atoms with Gasteiger partial charge in [-0.15, -0.1) is 0 Å². The lowest BCUT2D eigenvalue weighted by Gasteiger charge is -2.37. The molecule has 0 heterocycles. The molecule has 4 rings (SSSR count). The molecule has 2 unspecified atom stereocenters. The number of amides is 4. The molecule has 43 heavy (non-hydrogen) atoms. The van der Waals surface area contributed by atoms with Gasteiger partial charge in [0.25, 0.3) is 5.91 Å². The number of nitrogens with zero attached hydrogens (tertiary/aromatic N) is 2.